The van der Waals surface area contributed by atoms with Gasteiger partial charge in [-0.3, -0.25) is 14.5 Å². The minimum atomic E-state index is -0.384. The standard InChI is InChI=1S/C29H29N5O2/c1-16(2)33-14-20-25(19-13-18-9-6-7-10-21(18)31-28(19)32(4)5)27-23(15-34(17(3)35)29(27)36)30-22-11-8-12-24(33)26(20)22/h6-14,16,25,30H,15H2,1-5H3. The first kappa shape index (κ1) is 22.3. The maximum Gasteiger partial charge on any atom is 0.259 e. The van der Waals surface area contributed by atoms with Crippen LogP contribution in [0, 0.1) is 0 Å². The van der Waals surface area contributed by atoms with Crippen molar-refractivity contribution in [3.05, 3.63) is 77.1 Å². The Bertz CT molecular complexity index is 1610. The molecule has 36 heavy (non-hydrogen) atoms. The third-order valence-corrected chi connectivity index (χ3v) is 7.29. The Labute approximate surface area is 210 Å². The molecule has 2 aliphatic heterocycles. The molecule has 4 aromatic rings. The van der Waals surface area contributed by atoms with E-state index in [9.17, 15) is 9.59 Å². The summed E-state index contributed by atoms with van der Waals surface area (Å²) in [6, 6.07) is 16.7. The summed E-state index contributed by atoms with van der Waals surface area (Å²) >= 11 is 0. The molecule has 1 N–H and O–H groups in total. The van der Waals surface area contributed by atoms with Crippen LogP contribution in [0.2, 0.25) is 0 Å². The Morgan fingerprint density at radius 2 is 1.89 bits per heavy atom. The molecule has 0 saturated heterocycles. The highest BCUT2D eigenvalue weighted by atomic mass is 16.2. The van der Waals surface area contributed by atoms with Crippen molar-refractivity contribution in [2.75, 3.05) is 30.9 Å². The van der Waals surface area contributed by atoms with Gasteiger partial charge in [-0.2, -0.15) is 0 Å². The lowest BCUT2D eigenvalue weighted by Crippen LogP contribution is -2.33. The second kappa shape index (κ2) is 7.95. The van der Waals surface area contributed by atoms with Crippen molar-refractivity contribution in [3.63, 3.8) is 0 Å². The lowest BCUT2D eigenvalue weighted by Gasteiger charge is -2.25. The quantitative estimate of drug-likeness (QED) is 0.446. The summed E-state index contributed by atoms with van der Waals surface area (Å²) in [6.45, 7) is 6.01. The summed E-state index contributed by atoms with van der Waals surface area (Å²) in [5.41, 5.74) is 6.36. The largest absolute Gasteiger partial charge is 0.362 e. The third-order valence-electron chi connectivity index (χ3n) is 7.29. The first-order chi connectivity index (χ1) is 17.3. The SMILES string of the molecule is CC(=O)N1CC2=C(C1=O)C(c1cc3ccccc3nc1N(C)C)c1cn(C(C)C)c3cccc(c13)N2. The predicted molar refractivity (Wildman–Crippen MR) is 143 cm³/mol. The fourth-order valence-corrected chi connectivity index (χ4v) is 5.68. The summed E-state index contributed by atoms with van der Waals surface area (Å²) in [6.07, 6.45) is 2.18. The van der Waals surface area contributed by atoms with Crippen LogP contribution >= 0.6 is 0 Å². The number of anilines is 2. The van der Waals surface area contributed by atoms with Crippen LogP contribution < -0.4 is 10.2 Å². The maximum absolute atomic E-state index is 13.8. The average Bonchev–Trinajstić information content (AvgIpc) is 3.34. The summed E-state index contributed by atoms with van der Waals surface area (Å²) in [7, 11) is 3.96. The zero-order chi connectivity index (χ0) is 25.3. The number of carbonyl (C=O) groups excluding carboxylic acids is 2. The van der Waals surface area contributed by atoms with Gasteiger partial charge in [0.2, 0.25) is 5.91 Å². The lowest BCUT2D eigenvalue weighted by molar-refractivity contribution is -0.139. The van der Waals surface area contributed by atoms with E-state index in [1.54, 1.807) is 0 Å². The van der Waals surface area contributed by atoms with Crippen molar-refractivity contribution in [1.29, 1.82) is 0 Å². The highest BCUT2D eigenvalue weighted by molar-refractivity contribution is 6.11. The second-order valence-electron chi connectivity index (χ2n) is 10.1. The van der Waals surface area contributed by atoms with Crippen molar-refractivity contribution in [3.8, 4) is 0 Å². The number of para-hydroxylation sites is 1. The molecule has 0 spiro atoms. The molecule has 0 fully saturated rings. The Morgan fingerprint density at radius 1 is 1.11 bits per heavy atom. The van der Waals surface area contributed by atoms with E-state index in [4.69, 9.17) is 4.98 Å². The molecule has 2 aromatic carbocycles. The van der Waals surface area contributed by atoms with Gasteiger partial charge in [-0.25, -0.2) is 4.98 Å². The Balaban J connectivity index is 1.72. The molecular formula is C29H29N5O2. The van der Waals surface area contributed by atoms with Crippen LogP contribution in [0.1, 0.15) is 43.9 Å². The van der Waals surface area contributed by atoms with E-state index in [0.717, 1.165) is 50.1 Å². The van der Waals surface area contributed by atoms with Crippen molar-refractivity contribution in [2.24, 2.45) is 0 Å². The molecule has 0 saturated carbocycles. The minimum absolute atomic E-state index is 0.237. The van der Waals surface area contributed by atoms with Crippen molar-refractivity contribution >= 4 is 45.1 Å². The molecule has 2 aromatic heterocycles. The highest BCUT2D eigenvalue weighted by Crippen LogP contribution is 2.48. The van der Waals surface area contributed by atoms with Gasteiger partial charge in [0.1, 0.15) is 5.82 Å². The monoisotopic (exact) mass is 479 g/mol. The van der Waals surface area contributed by atoms with Gasteiger partial charge in [-0.15, -0.1) is 0 Å². The maximum atomic E-state index is 13.8. The summed E-state index contributed by atoms with van der Waals surface area (Å²) in [5.74, 6) is -0.0724. The molecule has 0 aliphatic carbocycles. The Hall–Kier alpha value is -4.13. The van der Waals surface area contributed by atoms with Crippen LogP contribution in [-0.4, -0.2) is 46.9 Å². The van der Waals surface area contributed by atoms with Crippen LogP contribution in [0.3, 0.4) is 0 Å². The fraction of sp³-hybridized carbons (Fsp3) is 0.276. The molecule has 2 aliphatic rings. The number of benzene rings is 2. The van der Waals surface area contributed by atoms with Gasteiger partial charge in [0, 0.05) is 66.9 Å². The fourth-order valence-electron chi connectivity index (χ4n) is 5.68. The molecule has 182 valence electrons. The van der Waals surface area contributed by atoms with Gasteiger partial charge in [-0.05, 0) is 43.7 Å². The molecule has 1 atom stereocenters. The molecule has 7 nitrogen and oxygen atoms in total. The van der Waals surface area contributed by atoms with E-state index in [1.807, 2.05) is 43.3 Å². The normalized spacial score (nSPS) is 17.1. The first-order valence-electron chi connectivity index (χ1n) is 12.3. The summed E-state index contributed by atoms with van der Waals surface area (Å²) in [5, 5.41) is 5.67. The topological polar surface area (TPSA) is 70.5 Å². The van der Waals surface area contributed by atoms with Crippen LogP contribution in [0.15, 0.2) is 66.0 Å². The number of rotatable bonds is 3. The summed E-state index contributed by atoms with van der Waals surface area (Å²) in [4.78, 5) is 34.6. The first-order valence-corrected chi connectivity index (χ1v) is 12.3. The zero-order valence-corrected chi connectivity index (χ0v) is 21.2. The van der Waals surface area contributed by atoms with Crippen LogP contribution in [-0.2, 0) is 9.59 Å². The predicted octanol–water partition coefficient (Wildman–Crippen LogP) is 5.04. The molecule has 7 heteroatoms. The number of imide groups is 1. The van der Waals surface area contributed by atoms with Crippen molar-refractivity contribution in [2.45, 2.75) is 32.7 Å². The van der Waals surface area contributed by atoms with E-state index in [2.05, 4.69) is 54.2 Å². The van der Waals surface area contributed by atoms with Gasteiger partial charge >= 0.3 is 0 Å². The molecule has 2 amide bonds. The van der Waals surface area contributed by atoms with E-state index in [1.165, 1.54) is 11.8 Å². The number of pyridine rings is 1. The van der Waals surface area contributed by atoms with Crippen LogP contribution in [0.25, 0.3) is 21.8 Å². The van der Waals surface area contributed by atoms with Gasteiger partial charge in [0.25, 0.3) is 5.91 Å². The highest BCUT2D eigenvalue weighted by Gasteiger charge is 2.42. The van der Waals surface area contributed by atoms with Gasteiger partial charge in [-0.1, -0.05) is 24.3 Å². The van der Waals surface area contributed by atoms with Gasteiger partial charge in [0.15, 0.2) is 0 Å². The number of hydrogen-bond acceptors (Lipinski definition) is 5. The molecular weight excluding hydrogens is 450 g/mol. The van der Waals surface area contributed by atoms with Crippen molar-refractivity contribution < 1.29 is 9.59 Å². The Morgan fingerprint density at radius 3 is 2.61 bits per heavy atom. The molecule has 1 unspecified atom stereocenters. The average molecular weight is 480 g/mol. The van der Waals surface area contributed by atoms with E-state index in [-0.39, 0.29) is 30.3 Å². The van der Waals surface area contributed by atoms with Crippen LogP contribution in [0.4, 0.5) is 11.5 Å². The number of nitrogens with zero attached hydrogens (tertiary/aromatic N) is 4. The summed E-state index contributed by atoms with van der Waals surface area (Å²) < 4.78 is 2.26. The molecule has 6 rings (SSSR count). The second-order valence-corrected chi connectivity index (χ2v) is 10.1. The number of amides is 2. The number of fused-ring (bicyclic) bond motifs is 1. The molecule has 0 radical (unpaired) electrons. The van der Waals surface area contributed by atoms with E-state index in [0.29, 0.717) is 5.57 Å². The molecule has 0 bridgehead atoms. The number of hydrogen-bond donors (Lipinski definition) is 1. The van der Waals surface area contributed by atoms with Crippen molar-refractivity contribution in [1.82, 2.24) is 14.5 Å². The van der Waals surface area contributed by atoms with E-state index < -0.39 is 0 Å². The minimum Gasteiger partial charge on any atom is -0.362 e. The number of nitrogens with one attached hydrogen (secondary N) is 1. The molecule has 4 heterocycles. The van der Waals surface area contributed by atoms with E-state index >= 15 is 0 Å². The Kier molecular flexibility index (Phi) is 4.93. The van der Waals surface area contributed by atoms with Gasteiger partial charge < -0.3 is 14.8 Å². The van der Waals surface area contributed by atoms with Gasteiger partial charge in [0.05, 0.1) is 23.2 Å². The smallest absolute Gasteiger partial charge is 0.259 e. The zero-order valence-electron chi connectivity index (χ0n) is 21.2. The number of carbonyl (C=O) groups is 2. The van der Waals surface area contributed by atoms with Crippen LogP contribution in [0.5, 0.6) is 0 Å². The third kappa shape index (κ3) is 3.15. The number of aromatic nitrogens is 2. The lowest BCUT2D eigenvalue weighted by atomic mass is 9.84.